The number of ether oxygens (including phenoxy) is 3. The van der Waals surface area contributed by atoms with Crippen molar-refractivity contribution in [3.8, 4) is 11.5 Å². The minimum atomic E-state index is -4.05. The van der Waals surface area contributed by atoms with E-state index >= 15 is 0 Å². The maximum Gasteiger partial charge on any atom is 0.341 e. The van der Waals surface area contributed by atoms with Crippen molar-refractivity contribution in [2.24, 2.45) is 5.14 Å². The molecule has 0 atom stereocenters. The number of methoxy groups -OCH3 is 1. The lowest BCUT2D eigenvalue weighted by atomic mass is 10.2. The first kappa shape index (κ1) is 18.7. The monoisotopic (exact) mass is 369 g/mol. The van der Waals surface area contributed by atoms with Gasteiger partial charge < -0.3 is 14.2 Å². The summed E-state index contributed by atoms with van der Waals surface area (Å²) in [6.45, 7) is -0.113. The van der Waals surface area contributed by atoms with Gasteiger partial charge in [-0.25, -0.2) is 22.7 Å². The van der Waals surface area contributed by atoms with Gasteiger partial charge >= 0.3 is 5.97 Å². The Morgan fingerprint density at radius 3 is 2.32 bits per heavy atom. The molecule has 2 N–H and O–H groups in total. The summed E-state index contributed by atoms with van der Waals surface area (Å²) in [4.78, 5) is 11.5. The Morgan fingerprint density at radius 1 is 1.08 bits per heavy atom. The van der Waals surface area contributed by atoms with E-state index < -0.39 is 27.4 Å². The minimum Gasteiger partial charge on any atom is -0.497 e. The molecule has 2 aromatic rings. The summed E-state index contributed by atoms with van der Waals surface area (Å²) in [5, 5.41) is 4.95. The van der Waals surface area contributed by atoms with Gasteiger partial charge in [0.15, 0.2) is 0 Å². The van der Waals surface area contributed by atoms with Crippen molar-refractivity contribution in [1.29, 1.82) is 0 Å². The molecule has 0 aliphatic rings. The Morgan fingerprint density at radius 2 is 1.72 bits per heavy atom. The molecule has 134 valence electrons. The zero-order valence-corrected chi connectivity index (χ0v) is 14.1. The van der Waals surface area contributed by atoms with Gasteiger partial charge in [-0.05, 0) is 42.5 Å². The fourth-order valence-electron chi connectivity index (χ4n) is 1.88. The predicted molar refractivity (Wildman–Crippen MR) is 86.5 cm³/mol. The molecule has 0 aliphatic carbocycles. The molecule has 0 spiro atoms. The van der Waals surface area contributed by atoms with Crippen LogP contribution in [0.15, 0.2) is 47.4 Å². The molecule has 25 heavy (non-hydrogen) atoms. The quantitative estimate of drug-likeness (QED) is 0.588. The van der Waals surface area contributed by atoms with Crippen molar-refractivity contribution in [3.63, 3.8) is 0 Å². The van der Waals surface area contributed by atoms with Crippen LogP contribution in [-0.4, -0.2) is 34.7 Å². The lowest BCUT2D eigenvalue weighted by Crippen LogP contribution is -2.16. The summed E-state index contributed by atoms with van der Waals surface area (Å²) in [6.07, 6.45) is 0. The minimum absolute atomic E-state index is 0.0363. The normalized spacial score (nSPS) is 11.0. The van der Waals surface area contributed by atoms with Crippen molar-refractivity contribution in [1.82, 2.24) is 0 Å². The van der Waals surface area contributed by atoms with Crippen LogP contribution >= 0.6 is 0 Å². The lowest BCUT2D eigenvalue weighted by molar-refractivity contribution is 0.0445. The van der Waals surface area contributed by atoms with Crippen molar-refractivity contribution in [2.45, 2.75) is 4.90 Å². The maximum atomic E-state index is 13.7. The predicted octanol–water partition coefficient (Wildman–Crippen LogP) is 1.72. The van der Waals surface area contributed by atoms with E-state index in [1.165, 1.54) is 0 Å². The fraction of sp³-hybridized carbons (Fsp3) is 0.188. The highest BCUT2D eigenvalue weighted by molar-refractivity contribution is 7.89. The molecule has 0 fully saturated rings. The largest absolute Gasteiger partial charge is 0.497 e. The Balaban J connectivity index is 1.91. The van der Waals surface area contributed by atoms with E-state index in [1.54, 1.807) is 31.4 Å². The van der Waals surface area contributed by atoms with Gasteiger partial charge in [-0.3, -0.25) is 0 Å². The fourth-order valence-corrected chi connectivity index (χ4v) is 2.42. The Kier molecular flexibility index (Phi) is 5.94. The van der Waals surface area contributed by atoms with Crippen LogP contribution in [0.5, 0.6) is 11.5 Å². The number of benzene rings is 2. The smallest absolute Gasteiger partial charge is 0.341 e. The molecule has 0 unspecified atom stereocenters. The molecule has 0 saturated heterocycles. The summed E-state index contributed by atoms with van der Waals surface area (Å²) in [5.41, 5.74) is -0.518. The van der Waals surface area contributed by atoms with E-state index in [1.807, 2.05) is 0 Å². The first-order valence-corrected chi connectivity index (χ1v) is 8.62. The number of sulfonamides is 1. The van der Waals surface area contributed by atoms with Gasteiger partial charge in [0.1, 0.15) is 30.5 Å². The first-order valence-electron chi connectivity index (χ1n) is 7.07. The molecule has 0 radical (unpaired) electrons. The third-order valence-corrected chi connectivity index (χ3v) is 4.04. The average Bonchev–Trinajstić information content (AvgIpc) is 2.58. The molecule has 0 heterocycles. The highest BCUT2D eigenvalue weighted by Crippen LogP contribution is 2.17. The van der Waals surface area contributed by atoms with Crippen LogP contribution in [0.2, 0.25) is 0 Å². The maximum absolute atomic E-state index is 13.7. The van der Waals surface area contributed by atoms with Crippen LogP contribution in [-0.2, 0) is 14.8 Å². The molecule has 0 saturated carbocycles. The van der Waals surface area contributed by atoms with Gasteiger partial charge in [-0.2, -0.15) is 0 Å². The zero-order valence-electron chi connectivity index (χ0n) is 13.3. The highest BCUT2D eigenvalue weighted by Gasteiger charge is 2.18. The molecule has 0 aliphatic heterocycles. The number of hydrogen-bond donors (Lipinski definition) is 1. The second-order valence-electron chi connectivity index (χ2n) is 4.85. The summed E-state index contributed by atoms with van der Waals surface area (Å²) >= 11 is 0. The van der Waals surface area contributed by atoms with Gasteiger partial charge in [0.05, 0.1) is 17.6 Å². The molecule has 7 nitrogen and oxygen atoms in total. The molecule has 0 aromatic heterocycles. The zero-order chi connectivity index (χ0) is 18.4. The average molecular weight is 369 g/mol. The van der Waals surface area contributed by atoms with Gasteiger partial charge in [-0.15, -0.1) is 0 Å². The SMILES string of the molecule is COc1ccc(OCCOC(=O)c2cc(S(N)(=O)=O)ccc2F)cc1. The first-order chi connectivity index (χ1) is 11.8. The molecular weight excluding hydrogens is 353 g/mol. The highest BCUT2D eigenvalue weighted by atomic mass is 32.2. The van der Waals surface area contributed by atoms with Crippen molar-refractivity contribution >= 4 is 16.0 Å². The Bertz CT molecular complexity index is 851. The number of hydrogen-bond acceptors (Lipinski definition) is 6. The van der Waals surface area contributed by atoms with E-state index in [0.717, 1.165) is 18.2 Å². The second-order valence-corrected chi connectivity index (χ2v) is 6.41. The summed E-state index contributed by atoms with van der Waals surface area (Å²) in [6, 6.07) is 9.40. The van der Waals surface area contributed by atoms with Gasteiger partial charge in [0.25, 0.3) is 0 Å². The third kappa shape index (κ3) is 5.16. The van der Waals surface area contributed by atoms with Crippen LogP contribution in [0.1, 0.15) is 10.4 Å². The number of carbonyl (C=O) groups is 1. The lowest BCUT2D eigenvalue weighted by Gasteiger charge is -2.09. The van der Waals surface area contributed by atoms with Crippen LogP contribution in [0.4, 0.5) is 4.39 Å². The molecule has 9 heteroatoms. The number of esters is 1. The number of nitrogens with two attached hydrogens (primary N) is 1. The van der Waals surface area contributed by atoms with Crippen LogP contribution in [0.3, 0.4) is 0 Å². The number of primary sulfonamides is 1. The van der Waals surface area contributed by atoms with Crippen molar-refractivity contribution in [2.75, 3.05) is 20.3 Å². The van der Waals surface area contributed by atoms with Crippen LogP contribution in [0.25, 0.3) is 0 Å². The Labute approximate surface area is 144 Å². The molecule has 2 rings (SSSR count). The Hall–Kier alpha value is -2.65. The van der Waals surface area contributed by atoms with Crippen LogP contribution < -0.4 is 14.6 Å². The van der Waals surface area contributed by atoms with E-state index in [2.05, 4.69) is 0 Å². The summed E-state index contributed by atoms with van der Waals surface area (Å²) in [5.74, 6) is -0.710. The van der Waals surface area contributed by atoms with E-state index in [9.17, 15) is 17.6 Å². The molecular formula is C16H16FNO6S. The van der Waals surface area contributed by atoms with E-state index in [0.29, 0.717) is 11.5 Å². The summed E-state index contributed by atoms with van der Waals surface area (Å²) in [7, 11) is -2.51. The van der Waals surface area contributed by atoms with Crippen LogP contribution in [0, 0.1) is 5.82 Å². The van der Waals surface area contributed by atoms with Crippen molar-refractivity contribution in [3.05, 3.63) is 53.8 Å². The second kappa shape index (κ2) is 7.95. The van der Waals surface area contributed by atoms with E-state index in [4.69, 9.17) is 19.3 Å². The molecule has 2 aromatic carbocycles. The van der Waals surface area contributed by atoms with E-state index in [-0.39, 0.29) is 18.1 Å². The number of halogens is 1. The molecule has 0 bridgehead atoms. The van der Waals surface area contributed by atoms with Gasteiger partial charge in [0.2, 0.25) is 10.0 Å². The number of carbonyl (C=O) groups excluding carboxylic acids is 1. The van der Waals surface area contributed by atoms with Gasteiger partial charge in [0, 0.05) is 0 Å². The standard InChI is InChI=1S/C16H16FNO6S/c1-22-11-2-4-12(5-3-11)23-8-9-24-16(19)14-10-13(25(18,20)21)6-7-15(14)17/h2-7,10H,8-9H2,1H3,(H2,18,20,21). The molecule has 0 amide bonds. The topological polar surface area (TPSA) is 105 Å². The van der Waals surface area contributed by atoms with Gasteiger partial charge in [-0.1, -0.05) is 0 Å². The third-order valence-electron chi connectivity index (χ3n) is 3.13. The van der Waals surface area contributed by atoms with Crippen molar-refractivity contribution < 1.29 is 31.8 Å². The number of rotatable bonds is 7. The summed E-state index contributed by atoms with van der Waals surface area (Å²) < 4.78 is 51.4.